The van der Waals surface area contributed by atoms with Crippen LogP contribution in [-0.2, 0) is 17.6 Å². The zero-order valence-corrected chi connectivity index (χ0v) is 16.5. The highest BCUT2D eigenvalue weighted by molar-refractivity contribution is 8.00. The highest BCUT2D eigenvalue weighted by Gasteiger charge is 2.19. The fourth-order valence-electron chi connectivity index (χ4n) is 2.60. The molecule has 0 fully saturated rings. The molecule has 26 heavy (non-hydrogen) atoms. The maximum Gasteiger partial charge on any atom is 0.269 e. The summed E-state index contributed by atoms with van der Waals surface area (Å²) in [5.41, 5.74) is 2.81. The number of non-ortho nitro benzene ring substituents is 1. The van der Waals surface area contributed by atoms with Gasteiger partial charge >= 0.3 is 0 Å². The van der Waals surface area contributed by atoms with E-state index in [1.807, 2.05) is 32.9 Å². The van der Waals surface area contributed by atoms with Crippen molar-refractivity contribution in [2.75, 3.05) is 5.32 Å². The molecule has 2 rings (SSSR count). The summed E-state index contributed by atoms with van der Waals surface area (Å²) < 4.78 is 0. The number of hydrogen-bond donors (Lipinski definition) is 1. The van der Waals surface area contributed by atoms with Gasteiger partial charge in [0.05, 0.1) is 10.2 Å². The minimum atomic E-state index is -0.442. The van der Waals surface area contributed by atoms with E-state index in [1.54, 1.807) is 12.1 Å². The molecule has 0 radical (unpaired) electrons. The van der Waals surface area contributed by atoms with Crippen LogP contribution in [0.5, 0.6) is 0 Å². The van der Waals surface area contributed by atoms with Crippen LogP contribution in [0.15, 0.2) is 41.3 Å². The van der Waals surface area contributed by atoms with E-state index in [0.29, 0.717) is 5.02 Å². The number of nitrogens with zero attached hydrogens (tertiary/aromatic N) is 1. The molecule has 5 nitrogen and oxygen atoms in total. The van der Waals surface area contributed by atoms with Gasteiger partial charge in [-0.1, -0.05) is 31.5 Å². The Morgan fingerprint density at radius 2 is 1.85 bits per heavy atom. The fourth-order valence-corrected chi connectivity index (χ4v) is 3.75. The molecule has 0 aliphatic heterocycles. The number of carbonyl (C=O) groups is 1. The largest absolute Gasteiger partial charge is 0.325 e. The van der Waals surface area contributed by atoms with Gasteiger partial charge < -0.3 is 5.32 Å². The Morgan fingerprint density at radius 3 is 2.38 bits per heavy atom. The van der Waals surface area contributed by atoms with Crippen molar-refractivity contribution < 1.29 is 9.72 Å². The number of carbonyl (C=O) groups excluding carboxylic acids is 1. The van der Waals surface area contributed by atoms with Crippen molar-refractivity contribution in [2.24, 2.45) is 0 Å². The molecule has 0 aliphatic carbocycles. The van der Waals surface area contributed by atoms with Crippen LogP contribution < -0.4 is 5.32 Å². The van der Waals surface area contributed by atoms with Crippen LogP contribution in [0.4, 0.5) is 11.4 Å². The molecule has 7 heteroatoms. The van der Waals surface area contributed by atoms with Gasteiger partial charge in [-0.3, -0.25) is 14.9 Å². The first-order chi connectivity index (χ1) is 12.4. The number of thioether (sulfide) groups is 1. The molecule has 0 saturated carbocycles. The summed E-state index contributed by atoms with van der Waals surface area (Å²) in [6.07, 6.45) is 1.52. The second-order valence-corrected chi connectivity index (χ2v) is 7.59. The Balaban J connectivity index is 2.14. The SMILES string of the molecule is CCc1ccc(Cl)c(CC)c1NC(=O)C(C)Sc1ccc([N+](=O)[O-])cc1. The van der Waals surface area contributed by atoms with Gasteiger partial charge in [-0.05, 0) is 49.1 Å². The van der Waals surface area contributed by atoms with Crippen LogP contribution in [0, 0.1) is 10.1 Å². The third kappa shape index (κ3) is 4.77. The number of nitro benzene ring substituents is 1. The number of halogens is 1. The van der Waals surface area contributed by atoms with Crippen LogP contribution in [0.3, 0.4) is 0 Å². The minimum absolute atomic E-state index is 0.0329. The summed E-state index contributed by atoms with van der Waals surface area (Å²) in [6.45, 7) is 5.85. The molecule has 0 bridgehead atoms. The molecule has 2 aromatic carbocycles. The van der Waals surface area contributed by atoms with Gasteiger partial charge in [0.25, 0.3) is 5.69 Å². The molecule has 0 aromatic heterocycles. The van der Waals surface area contributed by atoms with E-state index in [1.165, 1.54) is 23.9 Å². The van der Waals surface area contributed by atoms with Crippen LogP contribution in [-0.4, -0.2) is 16.1 Å². The first kappa shape index (κ1) is 20.3. The van der Waals surface area contributed by atoms with Crippen molar-refractivity contribution in [1.82, 2.24) is 0 Å². The van der Waals surface area contributed by atoms with Crippen molar-refractivity contribution in [2.45, 2.75) is 43.8 Å². The van der Waals surface area contributed by atoms with E-state index in [-0.39, 0.29) is 16.8 Å². The molecule has 1 atom stereocenters. The molecular weight excluding hydrogens is 372 g/mol. The normalized spacial score (nSPS) is 11.8. The lowest BCUT2D eigenvalue weighted by atomic mass is 10.0. The predicted octanol–water partition coefficient (Wildman–Crippen LogP) is 5.49. The van der Waals surface area contributed by atoms with E-state index >= 15 is 0 Å². The molecular formula is C19H21ClN2O3S. The van der Waals surface area contributed by atoms with Gasteiger partial charge in [0, 0.05) is 27.7 Å². The van der Waals surface area contributed by atoms with Crippen molar-refractivity contribution in [3.05, 3.63) is 62.7 Å². The number of nitrogens with one attached hydrogen (secondary N) is 1. The number of rotatable bonds is 7. The van der Waals surface area contributed by atoms with E-state index in [9.17, 15) is 14.9 Å². The van der Waals surface area contributed by atoms with Crippen LogP contribution in [0.1, 0.15) is 31.9 Å². The first-order valence-electron chi connectivity index (χ1n) is 8.39. The predicted molar refractivity (Wildman–Crippen MR) is 107 cm³/mol. The lowest BCUT2D eigenvalue weighted by molar-refractivity contribution is -0.384. The average Bonchev–Trinajstić information content (AvgIpc) is 2.62. The van der Waals surface area contributed by atoms with Gasteiger partial charge in [0.2, 0.25) is 5.91 Å². The Bertz CT molecular complexity index is 809. The summed E-state index contributed by atoms with van der Waals surface area (Å²) in [7, 11) is 0. The van der Waals surface area contributed by atoms with Crippen molar-refractivity contribution >= 4 is 40.6 Å². The third-order valence-electron chi connectivity index (χ3n) is 4.05. The molecule has 0 spiro atoms. The highest BCUT2D eigenvalue weighted by atomic mass is 35.5. The fraction of sp³-hybridized carbons (Fsp3) is 0.316. The highest BCUT2D eigenvalue weighted by Crippen LogP contribution is 2.31. The number of nitro groups is 1. The smallest absolute Gasteiger partial charge is 0.269 e. The summed E-state index contributed by atoms with van der Waals surface area (Å²) in [5.74, 6) is -0.125. The number of amides is 1. The van der Waals surface area contributed by atoms with Crippen LogP contribution in [0.2, 0.25) is 5.02 Å². The van der Waals surface area contributed by atoms with Gasteiger partial charge in [-0.15, -0.1) is 11.8 Å². The molecule has 0 saturated heterocycles. The topological polar surface area (TPSA) is 72.2 Å². The van der Waals surface area contributed by atoms with Crippen molar-refractivity contribution in [3.8, 4) is 0 Å². The Hall–Kier alpha value is -2.05. The molecule has 2 aromatic rings. The maximum atomic E-state index is 12.7. The van der Waals surface area contributed by atoms with Crippen molar-refractivity contribution in [3.63, 3.8) is 0 Å². The minimum Gasteiger partial charge on any atom is -0.325 e. The lowest BCUT2D eigenvalue weighted by Crippen LogP contribution is -2.24. The monoisotopic (exact) mass is 392 g/mol. The Kier molecular flexibility index (Phi) is 7.06. The summed E-state index contributed by atoms with van der Waals surface area (Å²) in [6, 6.07) is 9.99. The van der Waals surface area contributed by atoms with E-state index in [2.05, 4.69) is 5.32 Å². The number of anilines is 1. The standard InChI is InChI=1S/C19H21ClN2O3S/c1-4-13-6-11-17(20)16(5-2)18(13)21-19(23)12(3)26-15-9-7-14(8-10-15)22(24)25/h6-12H,4-5H2,1-3H3,(H,21,23). The van der Waals surface area contributed by atoms with E-state index in [4.69, 9.17) is 11.6 Å². The van der Waals surface area contributed by atoms with Gasteiger partial charge in [0.1, 0.15) is 0 Å². The average molecular weight is 393 g/mol. The lowest BCUT2D eigenvalue weighted by Gasteiger charge is -2.18. The summed E-state index contributed by atoms with van der Waals surface area (Å²) >= 11 is 7.63. The molecule has 0 aliphatic rings. The van der Waals surface area contributed by atoms with E-state index in [0.717, 1.165) is 34.6 Å². The number of benzene rings is 2. The van der Waals surface area contributed by atoms with Crippen molar-refractivity contribution in [1.29, 1.82) is 0 Å². The second kappa shape index (κ2) is 9.05. The Labute approximate surface area is 162 Å². The third-order valence-corrected chi connectivity index (χ3v) is 5.52. The quantitative estimate of drug-likeness (QED) is 0.384. The summed E-state index contributed by atoms with van der Waals surface area (Å²) in [4.78, 5) is 23.7. The van der Waals surface area contributed by atoms with Gasteiger partial charge in [-0.25, -0.2) is 0 Å². The molecule has 1 unspecified atom stereocenters. The molecule has 1 amide bonds. The van der Waals surface area contributed by atoms with Gasteiger partial charge in [0.15, 0.2) is 0 Å². The van der Waals surface area contributed by atoms with Crippen LogP contribution in [0.25, 0.3) is 0 Å². The Morgan fingerprint density at radius 1 is 1.19 bits per heavy atom. The summed E-state index contributed by atoms with van der Waals surface area (Å²) in [5, 5.41) is 14.0. The second-order valence-electron chi connectivity index (χ2n) is 5.77. The molecule has 1 N–H and O–H groups in total. The van der Waals surface area contributed by atoms with E-state index < -0.39 is 4.92 Å². The molecule has 0 heterocycles. The maximum absolute atomic E-state index is 12.7. The number of hydrogen-bond acceptors (Lipinski definition) is 4. The molecule has 138 valence electrons. The van der Waals surface area contributed by atoms with Crippen LogP contribution >= 0.6 is 23.4 Å². The van der Waals surface area contributed by atoms with Gasteiger partial charge in [-0.2, -0.15) is 0 Å². The first-order valence-corrected chi connectivity index (χ1v) is 9.65. The number of aryl methyl sites for hydroxylation is 1. The zero-order valence-electron chi connectivity index (χ0n) is 14.9. The zero-order chi connectivity index (χ0) is 19.3.